The van der Waals surface area contributed by atoms with Gasteiger partial charge >= 0.3 is 0 Å². The zero-order chi connectivity index (χ0) is 22.4. The Morgan fingerprint density at radius 2 is 2.00 bits per heavy atom. The van der Waals surface area contributed by atoms with E-state index in [0.29, 0.717) is 18.3 Å². The van der Waals surface area contributed by atoms with Gasteiger partial charge in [-0.05, 0) is 61.9 Å². The second kappa shape index (κ2) is 8.20. The Bertz CT molecular complexity index is 1200. The van der Waals surface area contributed by atoms with Crippen LogP contribution in [0.25, 0.3) is 10.4 Å². The van der Waals surface area contributed by atoms with Crippen molar-refractivity contribution >= 4 is 28.9 Å². The molecule has 1 unspecified atom stereocenters. The number of carbonyl (C=O) groups excluding carboxylic acids is 1. The molecule has 6 nitrogen and oxygen atoms in total. The van der Waals surface area contributed by atoms with E-state index in [-0.39, 0.29) is 11.4 Å². The van der Waals surface area contributed by atoms with Crippen molar-refractivity contribution in [2.24, 2.45) is 0 Å². The van der Waals surface area contributed by atoms with Crippen molar-refractivity contribution in [3.8, 4) is 10.4 Å². The summed E-state index contributed by atoms with van der Waals surface area (Å²) in [5, 5.41) is 4.51. The molecule has 6 rings (SSSR count). The van der Waals surface area contributed by atoms with Crippen LogP contribution in [0.3, 0.4) is 0 Å². The molecule has 1 saturated carbocycles. The van der Waals surface area contributed by atoms with Gasteiger partial charge in [0.25, 0.3) is 0 Å². The fraction of sp³-hybridized carbons (Fsp3) is 0.462. The van der Waals surface area contributed by atoms with Crippen LogP contribution < -0.4 is 5.32 Å². The van der Waals surface area contributed by atoms with E-state index in [1.807, 2.05) is 17.3 Å². The molecule has 2 saturated heterocycles. The first-order chi connectivity index (χ1) is 16.1. The summed E-state index contributed by atoms with van der Waals surface area (Å²) >= 11 is 1.72. The molecule has 3 fully saturated rings. The number of anilines is 2. The fourth-order valence-electron chi connectivity index (χ4n) is 5.79. The third-order valence-corrected chi connectivity index (χ3v) is 8.70. The van der Waals surface area contributed by atoms with Crippen molar-refractivity contribution in [1.82, 2.24) is 19.9 Å². The van der Waals surface area contributed by atoms with E-state index in [9.17, 15) is 4.79 Å². The third-order valence-electron chi connectivity index (χ3n) is 7.46. The molecule has 2 aromatic heterocycles. The SMILES string of the molecule is Cc1cc(Nc2nccc(C3CCCCC3)n2)cc(-c2cnc(C34CCCN3C(=O)C4)s2)c1. The normalized spacial score (nSPS) is 22.8. The largest absolute Gasteiger partial charge is 0.330 e. The second-order valence-corrected chi connectivity index (χ2v) is 10.8. The molecular formula is C26H29N5OS. The second-order valence-electron chi connectivity index (χ2n) is 9.74. The highest BCUT2D eigenvalue weighted by molar-refractivity contribution is 7.15. The fourth-order valence-corrected chi connectivity index (χ4v) is 6.92. The van der Waals surface area contributed by atoms with Crippen LogP contribution in [0.15, 0.2) is 36.7 Å². The van der Waals surface area contributed by atoms with Gasteiger partial charge in [-0.1, -0.05) is 25.3 Å². The first-order valence-corrected chi connectivity index (χ1v) is 12.9. The smallest absolute Gasteiger partial charge is 0.227 e. The molecule has 7 heteroatoms. The summed E-state index contributed by atoms with van der Waals surface area (Å²) in [5.74, 6) is 1.48. The number of aromatic nitrogens is 3. The molecule has 2 aliphatic heterocycles. The molecular weight excluding hydrogens is 430 g/mol. The Kier molecular flexibility index (Phi) is 5.17. The molecule has 1 N–H and O–H groups in total. The first-order valence-electron chi connectivity index (χ1n) is 12.1. The van der Waals surface area contributed by atoms with Crippen LogP contribution in [0.4, 0.5) is 11.6 Å². The Hall–Kier alpha value is -2.80. The quantitative estimate of drug-likeness (QED) is 0.480. The molecule has 3 aromatic rings. The van der Waals surface area contributed by atoms with Crippen LogP contribution in [0.5, 0.6) is 0 Å². The van der Waals surface area contributed by atoms with Crippen molar-refractivity contribution in [2.45, 2.75) is 69.7 Å². The molecule has 1 amide bonds. The Morgan fingerprint density at radius 3 is 2.85 bits per heavy atom. The number of benzene rings is 1. The number of aryl methyl sites for hydroxylation is 1. The molecule has 1 atom stereocenters. The van der Waals surface area contributed by atoms with Gasteiger partial charge in [0.1, 0.15) is 10.5 Å². The summed E-state index contributed by atoms with van der Waals surface area (Å²) in [6.07, 6.45) is 12.9. The number of β-lactam (4-membered cyclic amide) rings is 1. The molecule has 0 radical (unpaired) electrons. The monoisotopic (exact) mass is 459 g/mol. The maximum atomic E-state index is 12.0. The summed E-state index contributed by atoms with van der Waals surface area (Å²) in [6, 6.07) is 8.54. The molecule has 170 valence electrons. The molecule has 0 spiro atoms. The number of fused-ring (bicyclic) bond motifs is 1. The van der Waals surface area contributed by atoms with Gasteiger partial charge in [-0.3, -0.25) is 4.79 Å². The number of thiazole rings is 1. The lowest BCUT2D eigenvalue weighted by Gasteiger charge is -2.45. The van der Waals surface area contributed by atoms with Crippen molar-refractivity contribution < 1.29 is 4.79 Å². The van der Waals surface area contributed by atoms with E-state index in [1.165, 1.54) is 37.7 Å². The van der Waals surface area contributed by atoms with Gasteiger partial charge in [-0.25, -0.2) is 15.0 Å². The van der Waals surface area contributed by atoms with E-state index in [0.717, 1.165) is 46.2 Å². The van der Waals surface area contributed by atoms with Crippen LogP contribution in [0.2, 0.25) is 0 Å². The van der Waals surface area contributed by atoms with Crippen LogP contribution in [-0.2, 0) is 10.3 Å². The van der Waals surface area contributed by atoms with E-state index < -0.39 is 0 Å². The predicted octanol–water partition coefficient (Wildman–Crippen LogP) is 5.92. The average molecular weight is 460 g/mol. The van der Waals surface area contributed by atoms with Gasteiger partial charge in [0.2, 0.25) is 11.9 Å². The van der Waals surface area contributed by atoms with E-state index in [1.54, 1.807) is 11.3 Å². The number of nitrogens with one attached hydrogen (secondary N) is 1. The van der Waals surface area contributed by atoms with E-state index in [4.69, 9.17) is 9.97 Å². The highest BCUT2D eigenvalue weighted by Crippen LogP contribution is 2.51. The highest BCUT2D eigenvalue weighted by Gasteiger charge is 2.56. The zero-order valence-corrected chi connectivity index (χ0v) is 19.8. The number of nitrogens with zero attached hydrogens (tertiary/aromatic N) is 4. The number of hydrogen-bond acceptors (Lipinski definition) is 6. The summed E-state index contributed by atoms with van der Waals surface area (Å²) < 4.78 is 0. The molecule has 33 heavy (non-hydrogen) atoms. The van der Waals surface area contributed by atoms with Gasteiger partial charge < -0.3 is 10.2 Å². The summed E-state index contributed by atoms with van der Waals surface area (Å²) in [5.41, 5.74) is 4.31. The maximum absolute atomic E-state index is 12.0. The summed E-state index contributed by atoms with van der Waals surface area (Å²) in [7, 11) is 0. The van der Waals surface area contributed by atoms with Gasteiger partial charge in [0.15, 0.2) is 0 Å². The Balaban J connectivity index is 1.25. The minimum absolute atomic E-state index is 0.141. The molecule has 1 aromatic carbocycles. The molecule has 4 heterocycles. The molecule has 0 bridgehead atoms. The van der Waals surface area contributed by atoms with E-state index in [2.05, 4.69) is 41.5 Å². The number of hydrogen-bond donors (Lipinski definition) is 1. The third kappa shape index (κ3) is 3.72. The highest BCUT2D eigenvalue weighted by atomic mass is 32.1. The maximum Gasteiger partial charge on any atom is 0.227 e. The van der Waals surface area contributed by atoms with Crippen LogP contribution in [-0.4, -0.2) is 32.3 Å². The predicted molar refractivity (Wildman–Crippen MR) is 131 cm³/mol. The zero-order valence-electron chi connectivity index (χ0n) is 19.0. The van der Waals surface area contributed by atoms with Crippen molar-refractivity contribution in [3.63, 3.8) is 0 Å². The Labute approximate surface area is 198 Å². The lowest BCUT2D eigenvalue weighted by molar-refractivity contribution is -0.153. The number of rotatable bonds is 5. The van der Waals surface area contributed by atoms with Crippen LogP contribution >= 0.6 is 11.3 Å². The van der Waals surface area contributed by atoms with E-state index >= 15 is 0 Å². The minimum atomic E-state index is -0.141. The summed E-state index contributed by atoms with van der Waals surface area (Å²) in [6.45, 7) is 2.98. The molecule has 1 aliphatic carbocycles. The first kappa shape index (κ1) is 20.8. The standard InChI is InChI=1S/C26H29N5OS/c1-17-12-19(22-16-28-24(33-22)26-9-5-11-31(26)23(32)15-26)14-20(13-17)29-25-27-10-8-21(30-25)18-6-3-2-4-7-18/h8,10,12-14,16,18H,2-7,9,11,15H2,1H3,(H,27,29,30). The van der Waals surface area contributed by atoms with Gasteiger partial charge in [-0.2, -0.15) is 0 Å². The van der Waals surface area contributed by atoms with Crippen LogP contribution in [0, 0.1) is 6.92 Å². The minimum Gasteiger partial charge on any atom is -0.330 e. The molecule has 3 aliphatic rings. The lowest BCUT2D eigenvalue weighted by Crippen LogP contribution is -2.57. The van der Waals surface area contributed by atoms with Crippen molar-refractivity contribution in [1.29, 1.82) is 0 Å². The van der Waals surface area contributed by atoms with Crippen molar-refractivity contribution in [3.05, 3.63) is 52.9 Å². The number of carbonyl (C=O) groups is 1. The number of amides is 1. The van der Waals surface area contributed by atoms with Gasteiger partial charge in [0, 0.05) is 36.2 Å². The van der Waals surface area contributed by atoms with Gasteiger partial charge in [0.05, 0.1) is 11.3 Å². The Morgan fingerprint density at radius 1 is 1.12 bits per heavy atom. The summed E-state index contributed by atoms with van der Waals surface area (Å²) in [4.78, 5) is 29.3. The average Bonchev–Trinajstić information content (AvgIpc) is 3.44. The van der Waals surface area contributed by atoms with Gasteiger partial charge in [-0.15, -0.1) is 11.3 Å². The lowest BCUT2D eigenvalue weighted by atomic mass is 9.85. The van der Waals surface area contributed by atoms with Crippen LogP contribution in [0.1, 0.15) is 73.5 Å². The van der Waals surface area contributed by atoms with Crippen molar-refractivity contribution in [2.75, 3.05) is 11.9 Å². The topological polar surface area (TPSA) is 71.0 Å².